The Morgan fingerprint density at radius 2 is 0.472 bits per heavy atom. The van der Waals surface area contributed by atoms with Crippen LogP contribution in [0, 0.1) is 0 Å². The number of aliphatic hydroxyl groups excluding tert-OH is 25. The molecule has 21 fully saturated rings. The van der Waals surface area contributed by atoms with E-state index in [1.54, 1.807) is 0 Å². The van der Waals surface area contributed by atoms with Crippen molar-refractivity contribution in [2.24, 2.45) is 0 Å². The van der Waals surface area contributed by atoms with Gasteiger partial charge in [0.2, 0.25) is 0 Å². The van der Waals surface area contributed by atoms with E-state index in [1.165, 1.54) is 0 Å². The Hall–Kier alpha value is -2.09. The van der Waals surface area contributed by atoms with Crippen LogP contribution < -0.4 is 0 Å². The maximum absolute atomic E-state index is 13.1. The Morgan fingerprint density at radius 3 is 0.663 bits per heavy atom. The Morgan fingerprint density at radius 1 is 0.281 bits per heavy atom. The minimum absolute atomic E-state index is 1.09. The first-order valence-electron chi connectivity index (χ1n) is 28.0. The standard InChI is InChI=1S/C48H80O41/c49-1-9(56)17(57)18(58)26(66)41(74)75-8-16-40-25(65)33(73)48(82-16)88-39-15(7-55)80-46(31(71)23(39)63)86-37-13(5-53)78-44(29(69)21(37)61)84-35-11(3-51)76-42(27(67)19(35)59)83-34-10(2-50)77-43(28(68)20(34)60)85-36-12(4-52)79-45(30(70)22(36)62)87-38-14(6-54)81-47(89-40)32(72)24(38)64/h9-40,42-73H,1-8H2/t9-,10-,11-,12-,13-,14-,15-,16-,17-,18+,19-,20-,21-,22-,23-,24-,25-,26-,27-,28-,29-,30-,31-,32-,33-,34-,35-,36-,37-,38-,39-,40-,42-,43-,44-,45-,46-,47-,48-/m1/s1. The molecule has 25 N–H and O–H groups in total. The van der Waals surface area contributed by atoms with Crippen LogP contribution in [-0.2, 0) is 75.8 Å². The largest absolute Gasteiger partial charge is 0.461 e. The molecular weight excluding hydrogens is 1230 g/mol. The van der Waals surface area contributed by atoms with Crippen molar-refractivity contribution in [2.75, 3.05) is 52.9 Å². The summed E-state index contributed by atoms with van der Waals surface area (Å²) in [5.41, 5.74) is 0. The molecule has 21 aliphatic rings. The summed E-state index contributed by atoms with van der Waals surface area (Å²) in [6.07, 6.45) is -84.5. The summed E-state index contributed by atoms with van der Waals surface area (Å²) in [5.74, 6) is -1.81. The lowest BCUT2D eigenvalue weighted by Gasteiger charge is -2.50. The Labute approximate surface area is 501 Å². The Balaban J connectivity index is 1.10. The molecule has 0 aromatic heterocycles. The molecule has 14 bridgehead atoms. The van der Waals surface area contributed by atoms with Gasteiger partial charge in [-0.1, -0.05) is 0 Å². The number of hydrogen-bond acceptors (Lipinski definition) is 41. The second kappa shape index (κ2) is 31.2. The third kappa shape index (κ3) is 15.0. The van der Waals surface area contributed by atoms with E-state index >= 15 is 0 Å². The van der Waals surface area contributed by atoms with Crippen molar-refractivity contribution < 1.29 is 204 Å². The SMILES string of the molecule is O=C(OC[C@H]1O[C@@H]2O[C@H]3[C@H](O)[C@@H](O)[C@@H](O[C@H]4[C@H](O)[C@@H](O)[C@@H](O[C@H]5[C@H](O)[C@@H](O)[C@@H](O[C@H]6[C@H](O)[C@@H](O)[C@@H](O[C@H]7[C@H](O)[C@@H](O)[C@@H](O[C@H]8[C@H](O)[C@@H](O)[C@@H](O[C@H]1[C@H](O)[C@H]2O)O[C@@H]8CO)O[C@@H]7CO)O[C@@H]6CO)O[C@@H]5CO)O[C@@H]4CO)O[C@@H]3CO)[C@H](O)[C@@H](O)[C@H](O)[C@H](O)CO. The maximum atomic E-state index is 13.1. The van der Waals surface area contributed by atoms with Crippen molar-refractivity contribution in [2.45, 2.75) is 239 Å². The Kier molecular flexibility index (Phi) is 25.5. The highest BCUT2D eigenvalue weighted by Gasteiger charge is 2.60. The molecule has 39 atom stereocenters. The highest BCUT2D eigenvalue weighted by Crippen LogP contribution is 2.39. The van der Waals surface area contributed by atoms with E-state index in [4.69, 9.17) is 71.1 Å². The topological polar surface area (TPSA) is 661 Å². The van der Waals surface area contributed by atoms with Gasteiger partial charge in [-0.25, -0.2) is 4.79 Å². The molecule has 41 nitrogen and oxygen atoms in total. The van der Waals surface area contributed by atoms with E-state index in [0.717, 1.165) is 0 Å². The third-order valence-corrected chi connectivity index (χ3v) is 16.5. The smallest absolute Gasteiger partial charge is 0.337 e. The summed E-state index contributed by atoms with van der Waals surface area (Å²) in [6.45, 7) is -9.22. The first-order chi connectivity index (χ1) is 42.2. The van der Waals surface area contributed by atoms with Crippen LogP contribution in [0.25, 0.3) is 0 Å². The number of aliphatic hydroxyl groups is 25. The molecule has 518 valence electrons. The molecule has 21 saturated heterocycles. The fraction of sp³-hybridized carbons (Fsp3) is 0.979. The normalized spacial score (nSPS) is 50.9. The average molecular weight is 1310 g/mol. The lowest BCUT2D eigenvalue weighted by atomic mass is 9.95. The van der Waals surface area contributed by atoms with Crippen molar-refractivity contribution in [1.82, 2.24) is 0 Å². The van der Waals surface area contributed by atoms with E-state index < -0.39 is 298 Å². The fourth-order valence-electron chi connectivity index (χ4n) is 11.3. The zero-order valence-electron chi connectivity index (χ0n) is 46.4. The highest BCUT2D eigenvalue weighted by molar-refractivity contribution is 5.75. The van der Waals surface area contributed by atoms with Crippen molar-refractivity contribution in [3.8, 4) is 0 Å². The van der Waals surface area contributed by atoms with Gasteiger partial charge in [0.15, 0.2) is 50.1 Å². The molecule has 0 amide bonds. The molecular formula is C48H80O41. The number of carbonyl (C=O) groups is 1. The van der Waals surface area contributed by atoms with Gasteiger partial charge in [0.05, 0.1) is 46.2 Å². The van der Waals surface area contributed by atoms with Crippen LogP contribution in [0.4, 0.5) is 0 Å². The fourth-order valence-corrected chi connectivity index (χ4v) is 11.3. The molecule has 0 aliphatic carbocycles. The minimum Gasteiger partial charge on any atom is -0.461 e. The van der Waals surface area contributed by atoms with Gasteiger partial charge >= 0.3 is 5.97 Å². The molecule has 0 aromatic carbocycles. The van der Waals surface area contributed by atoms with Crippen molar-refractivity contribution in [3.05, 3.63) is 0 Å². The van der Waals surface area contributed by atoms with Gasteiger partial charge in [-0.15, -0.1) is 0 Å². The van der Waals surface area contributed by atoms with Crippen LogP contribution >= 0.6 is 0 Å². The van der Waals surface area contributed by atoms with Gasteiger partial charge < -0.3 is 199 Å². The van der Waals surface area contributed by atoms with Gasteiger partial charge in [0, 0.05) is 0 Å². The van der Waals surface area contributed by atoms with Gasteiger partial charge in [0.1, 0.15) is 196 Å². The summed E-state index contributed by atoms with van der Waals surface area (Å²) >= 11 is 0. The molecule has 21 aliphatic heterocycles. The van der Waals surface area contributed by atoms with Crippen LogP contribution in [0.5, 0.6) is 0 Å². The molecule has 0 unspecified atom stereocenters. The zero-order valence-corrected chi connectivity index (χ0v) is 46.4. The van der Waals surface area contributed by atoms with Crippen molar-refractivity contribution >= 4 is 5.97 Å². The average Bonchev–Trinajstić information content (AvgIpc) is 1.00. The highest BCUT2D eigenvalue weighted by atomic mass is 16.8. The van der Waals surface area contributed by atoms with Crippen LogP contribution in [0.1, 0.15) is 0 Å². The number of esters is 1. The second-order valence-electron chi connectivity index (χ2n) is 22.3. The van der Waals surface area contributed by atoms with Crippen LogP contribution in [0.15, 0.2) is 0 Å². The monoisotopic (exact) mass is 1310 g/mol. The predicted octanol–water partition coefficient (Wildman–Crippen LogP) is -18.2. The lowest BCUT2D eigenvalue weighted by Crippen LogP contribution is -2.68. The number of carbonyl (C=O) groups excluding carboxylic acids is 1. The predicted molar refractivity (Wildman–Crippen MR) is 263 cm³/mol. The Bertz CT molecular complexity index is 2170. The van der Waals surface area contributed by atoms with Gasteiger partial charge in [0.25, 0.3) is 0 Å². The van der Waals surface area contributed by atoms with E-state index in [1.807, 2.05) is 0 Å². The summed E-state index contributed by atoms with van der Waals surface area (Å²) in [5, 5.41) is 273. The van der Waals surface area contributed by atoms with Gasteiger partial charge in [-0.2, -0.15) is 0 Å². The zero-order chi connectivity index (χ0) is 65.4. The quantitative estimate of drug-likeness (QED) is 0.0762. The molecule has 41 heteroatoms. The first kappa shape index (κ1) is 72.7. The summed E-state index contributed by atoms with van der Waals surface area (Å²) in [7, 11) is 0. The molecule has 0 saturated carbocycles. The second-order valence-corrected chi connectivity index (χ2v) is 22.3. The van der Waals surface area contributed by atoms with E-state index in [9.17, 15) is 132 Å². The number of rotatable bonds is 13. The van der Waals surface area contributed by atoms with Crippen molar-refractivity contribution in [3.63, 3.8) is 0 Å². The molecule has 0 aromatic rings. The van der Waals surface area contributed by atoms with Crippen LogP contribution in [-0.4, -0.2) is 426 Å². The van der Waals surface area contributed by atoms with Crippen LogP contribution in [0.3, 0.4) is 0 Å². The third-order valence-electron chi connectivity index (χ3n) is 16.5. The lowest BCUT2D eigenvalue weighted by molar-refractivity contribution is -0.396. The summed E-state index contributed by atoms with van der Waals surface area (Å²) < 4.78 is 84.9. The molecule has 0 radical (unpaired) electrons. The van der Waals surface area contributed by atoms with E-state index in [2.05, 4.69) is 0 Å². The molecule has 21 heterocycles. The molecule has 21 rings (SSSR count). The number of ether oxygens (including phenoxy) is 15. The molecule has 0 spiro atoms. The van der Waals surface area contributed by atoms with Gasteiger partial charge in [-0.3, -0.25) is 0 Å². The maximum Gasteiger partial charge on any atom is 0.337 e. The summed E-state index contributed by atoms with van der Waals surface area (Å²) in [6, 6.07) is 0. The first-order valence-corrected chi connectivity index (χ1v) is 28.0. The van der Waals surface area contributed by atoms with E-state index in [0.29, 0.717) is 0 Å². The number of hydrogen-bond donors (Lipinski definition) is 25. The van der Waals surface area contributed by atoms with E-state index in [-0.39, 0.29) is 0 Å². The van der Waals surface area contributed by atoms with Crippen molar-refractivity contribution in [1.29, 1.82) is 0 Å². The minimum atomic E-state index is -2.71. The summed E-state index contributed by atoms with van der Waals surface area (Å²) in [4.78, 5) is 13.1. The van der Waals surface area contributed by atoms with Crippen LogP contribution in [0.2, 0.25) is 0 Å². The molecule has 89 heavy (non-hydrogen) atoms. The van der Waals surface area contributed by atoms with Gasteiger partial charge in [-0.05, 0) is 0 Å².